The quantitative estimate of drug-likeness (QED) is 0.688. The van der Waals surface area contributed by atoms with Crippen LogP contribution in [0.2, 0.25) is 0 Å². The van der Waals surface area contributed by atoms with Gasteiger partial charge in [0.15, 0.2) is 5.82 Å². The van der Waals surface area contributed by atoms with Crippen molar-refractivity contribution < 1.29 is 0 Å². The molecule has 0 amide bonds. The van der Waals surface area contributed by atoms with Crippen molar-refractivity contribution in [3.05, 3.63) is 36.2 Å². The van der Waals surface area contributed by atoms with Gasteiger partial charge < -0.3 is 10.7 Å². The molecule has 1 aromatic carbocycles. The summed E-state index contributed by atoms with van der Waals surface area (Å²) in [5.41, 5.74) is 6.57. The number of aromatic amines is 1. The van der Waals surface area contributed by atoms with Crippen molar-refractivity contribution in [2.75, 3.05) is 6.54 Å². The van der Waals surface area contributed by atoms with Gasteiger partial charge >= 0.3 is 0 Å². The van der Waals surface area contributed by atoms with Gasteiger partial charge in [-0.3, -0.25) is 0 Å². The number of benzene rings is 1. The van der Waals surface area contributed by atoms with Crippen LogP contribution >= 0.6 is 0 Å². The lowest BCUT2D eigenvalue weighted by atomic mass is 10.1. The number of unbranched alkanes of at least 4 members (excludes halogenated alkanes) is 5. The maximum Gasteiger partial charge on any atom is 0.161 e. The van der Waals surface area contributed by atoms with Gasteiger partial charge in [-0.1, -0.05) is 56.0 Å². The number of nitrogens with zero attached hydrogens (tertiary/aromatic N) is 2. The van der Waals surface area contributed by atoms with Gasteiger partial charge in [0.1, 0.15) is 5.82 Å². The minimum atomic E-state index is 0.820. The molecule has 2 aromatic rings. The molecule has 1 aromatic heterocycles. The predicted octanol–water partition coefficient (Wildman–Crippen LogP) is 3.31. The Kier molecular flexibility index (Phi) is 6.24. The van der Waals surface area contributed by atoms with Crippen molar-refractivity contribution in [3.63, 3.8) is 0 Å². The number of hydrogen-bond donors (Lipinski definition) is 2. The molecular weight excluding hydrogens is 248 g/mol. The van der Waals surface area contributed by atoms with E-state index in [1.54, 1.807) is 0 Å². The first-order valence-corrected chi connectivity index (χ1v) is 7.57. The van der Waals surface area contributed by atoms with Gasteiger partial charge in [0.25, 0.3) is 0 Å². The second-order valence-electron chi connectivity index (χ2n) is 5.15. The third-order valence-corrected chi connectivity index (χ3v) is 3.45. The molecule has 3 N–H and O–H groups in total. The standard InChI is InChI=1S/C16H24N4/c17-13-9-4-2-1-3-8-12-15-18-16(20-19-15)14-10-6-5-7-11-14/h5-7,10-11H,1-4,8-9,12-13,17H2,(H,18,19,20). The summed E-state index contributed by atoms with van der Waals surface area (Å²) in [6, 6.07) is 10.1. The zero-order valence-electron chi connectivity index (χ0n) is 12.0. The molecule has 0 fully saturated rings. The molecule has 0 saturated heterocycles. The molecule has 0 spiro atoms. The summed E-state index contributed by atoms with van der Waals surface area (Å²) >= 11 is 0. The molecule has 4 heteroatoms. The Morgan fingerprint density at radius 2 is 1.55 bits per heavy atom. The number of H-pyrrole nitrogens is 1. The minimum absolute atomic E-state index is 0.820. The molecule has 1 heterocycles. The second kappa shape index (κ2) is 8.48. The molecule has 0 unspecified atom stereocenters. The van der Waals surface area contributed by atoms with Crippen LogP contribution in [0, 0.1) is 0 Å². The van der Waals surface area contributed by atoms with Crippen molar-refractivity contribution in [2.45, 2.75) is 44.9 Å². The zero-order chi connectivity index (χ0) is 14.0. The Labute approximate surface area is 120 Å². The fraction of sp³-hybridized carbons (Fsp3) is 0.500. The van der Waals surface area contributed by atoms with Gasteiger partial charge in [-0.25, -0.2) is 0 Å². The van der Waals surface area contributed by atoms with Crippen molar-refractivity contribution in [1.82, 2.24) is 15.2 Å². The molecule has 2 rings (SSSR count). The van der Waals surface area contributed by atoms with E-state index < -0.39 is 0 Å². The second-order valence-corrected chi connectivity index (χ2v) is 5.15. The van der Waals surface area contributed by atoms with Crippen LogP contribution in [0.1, 0.15) is 44.3 Å². The first kappa shape index (κ1) is 14.7. The highest BCUT2D eigenvalue weighted by Crippen LogP contribution is 2.14. The fourth-order valence-corrected chi connectivity index (χ4v) is 2.28. The van der Waals surface area contributed by atoms with E-state index in [-0.39, 0.29) is 0 Å². The largest absolute Gasteiger partial charge is 0.330 e. The van der Waals surface area contributed by atoms with Crippen LogP contribution in [-0.2, 0) is 6.42 Å². The first-order valence-electron chi connectivity index (χ1n) is 7.57. The maximum absolute atomic E-state index is 5.48. The van der Waals surface area contributed by atoms with Crippen molar-refractivity contribution in [1.29, 1.82) is 0 Å². The summed E-state index contributed by atoms with van der Waals surface area (Å²) in [4.78, 5) is 3.30. The molecule has 0 aliphatic rings. The number of nitrogens with one attached hydrogen (secondary N) is 1. The molecule has 0 atom stereocenters. The predicted molar refractivity (Wildman–Crippen MR) is 82.3 cm³/mol. The summed E-state index contributed by atoms with van der Waals surface area (Å²) in [5, 5.41) is 8.42. The number of aromatic nitrogens is 3. The highest BCUT2D eigenvalue weighted by molar-refractivity contribution is 5.53. The van der Waals surface area contributed by atoms with Crippen molar-refractivity contribution in [3.8, 4) is 11.4 Å². The van der Waals surface area contributed by atoms with E-state index in [1.165, 1.54) is 32.1 Å². The third kappa shape index (κ3) is 4.78. The van der Waals surface area contributed by atoms with Gasteiger partial charge in [0, 0.05) is 12.0 Å². The summed E-state index contributed by atoms with van der Waals surface area (Å²) < 4.78 is 0. The van der Waals surface area contributed by atoms with Gasteiger partial charge in [-0.15, -0.1) is 10.2 Å². The van der Waals surface area contributed by atoms with E-state index in [0.29, 0.717) is 0 Å². The number of aryl methyl sites for hydroxylation is 1. The lowest BCUT2D eigenvalue weighted by Gasteiger charge is -1.99. The van der Waals surface area contributed by atoms with Crippen LogP contribution in [0.3, 0.4) is 0 Å². The SMILES string of the molecule is NCCCCCCCCc1nnc(-c2ccccc2)[nH]1. The Morgan fingerprint density at radius 1 is 0.850 bits per heavy atom. The smallest absolute Gasteiger partial charge is 0.161 e. The van der Waals surface area contributed by atoms with E-state index in [2.05, 4.69) is 15.2 Å². The summed E-state index contributed by atoms with van der Waals surface area (Å²) in [5.74, 6) is 1.86. The molecular formula is C16H24N4. The molecule has 0 aliphatic heterocycles. The highest BCUT2D eigenvalue weighted by Gasteiger charge is 2.04. The fourth-order valence-electron chi connectivity index (χ4n) is 2.28. The summed E-state index contributed by atoms with van der Waals surface area (Å²) in [6.07, 6.45) is 8.41. The first-order chi connectivity index (χ1) is 9.90. The lowest BCUT2D eigenvalue weighted by Crippen LogP contribution is -1.97. The lowest BCUT2D eigenvalue weighted by molar-refractivity contribution is 0.592. The van der Waals surface area contributed by atoms with E-state index in [9.17, 15) is 0 Å². The normalized spacial score (nSPS) is 10.8. The van der Waals surface area contributed by atoms with Crippen LogP contribution in [0.5, 0.6) is 0 Å². The van der Waals surface area contributed by atoms with E-state index in [4.69, 9.17) is 5.73 Å². The monoisotopic (exact) mass is 272 g/mol. The summed E-state index contributed by atoms with van der Waals surface area (Å²) in [7, 11) is 0. The minimum Gasteiger partial charge on any atom is -0.330 e. The van der Waals surface area contributed by atoms with Crippen molar-refractivity contribution >= 4 is 0 Å². The van der Waals surface area contributed by atoms with Gasteiger partial charge in [-0.2, -0.15) is 0 Å². The van der Waals surface area contributed by atoms with Crippen LogP contribution in [0.4, 0.5) is 0 Å². The highest BCUT2D eigenvalue weighted by atomic mass is 15.2. The van der Waals surface area contributed by atoms with Crippen LogP contribution in [0.15, 0.2) is 30.3 Å². The number of rotatable bonds is 9. The van der Waals surface area contributed by atoms with E-state index in [0.717, 1.165) is 36.6 Å². The van der Waals surface area contributed by atoms with Crippen LogP contribution < -0.4 is 5.73 Å². The average Bonchev–Trinajstić information content (AvgIpc) is 2.96. The third-order valence-electron chi connectivity index (χ3n) is 3.45. The Bertz CT molecular complexity index is 478. The molecule has 0 aliphatic carbocycles. The number of hydrogen-bond acceptors (Lipinski definition) is 3. The Balaban J connectivity index is 1.69. The molecule has 0 bridgehead atoms. The van der Waals surface area contributed by atoms with Crippen LogP contribution in [-0.4, -0.2) is 21.7 Å². The average molecular weight is 272 g/mol. The Hall–Kier alpha value is -1.68. The van der Waals surface area contributed by atoms with Gasteiger partial charge in [0.2, 0.25) is 0 Å². The molecule has 4 nitrogen and oxygen atoms in total. The van der Waals surface area contributed by atoms with Crippen molar-refractivity contribution in [2.24, 2.45) is 5.73 Å². The molecule has 108 valence electrons. The topological polar surface area (TPSA) is 67.6 Å². The van der Waals surface area contributed by atoms with E-state index in [1.807, 2.05) is 30.3 Å². The molecule has 0 radical (unpaired) electrons. The maximum atomic E-state index is 5.48. The molecule has 0 saturated carbocycles. The molecule has 20 heavy (non-hydrogen) atoms. The summed E-state index contributed by atoms with van der Waals surface area (Å²) in [6.45, 7) is 0.820. The van der Waals surface area contributed by atoms with Gasteiger partial charge in [-0.05, 0) is 19.4 Å². The van der Waals surface area contributed by atoms with Crippen LogP contribution in [0.25, 0.3) is 11.4 Å². The number of nitrogens with two attached hydrogens (primary N) is 1. The zero-order valence-corrected chi connectivity index (χ0v) is 12.0. The van der Waals surface area contributed by atoms with Gasteiger partial charge in [0.05, 0.1) is 0 Å². The van der Waals surface area contributed by atoms with E-state index >= 15 is 0 Å². The Morgan fingerprint density at radius 3 is 2.30 bits per heavy atom.